The van der Waals surface area contributed by atoms with Crippen molar-refractivity contribution in [1.82, 2.24) is 0 Å². The molecule has 0 radical (unpaired) electrons. The van der Waals surface area contributed by atoms with Crippen molar-refractivity contribution < 1.29 is 14.3 Å². The second-order valence-electron chi connectivity index (χ2n) is 5.10. The van der Waals surface area contributed by atoms with Gasteiger partial charge in [0.2, 0.25) is 5.91 Å². The lowest BCUT2D eigenvalue weighted by molar-refractivity contribution is -0.126. The van der Waals surface area contributed by atoms with Gasteiger partial charge in [0.1, 0.15) is 5.41 Å². The van der Waals surface area contributed by atoms with Gasteiger partial charge in [0, 0.05) is 31.6 Å². The minimum absolute atomic E-state index is 0.165. The smallest absolute Gasteiger partial charge is 0.237 e. The maximum atomic E-state index is 12.7. The van der Waals surface area contributed by atoms with E-state index in [4.69, 9.17) is 27.4 Å². The van der Waals surface area contributed by atoms with Gasteiger partial charge in [-0.2, -0.15) is 0 Å². The highest BCUT2D eigenvalue weighted by molar-refractivity contribution is 7.80. The van der Waals surface area contributed by atoms with Crippen molar-refractivity contribution >= 4 is 28.8 Å². The quantitative estimate of drug-likeness (QED) is 0.812. The van der Waals surface area contributed by atoms with Gasteiger partial charge >= 0.3 is 0 Å². The number of carbonyl (C=O) groups is 1. The molecule has 5 nitrogen and oxygen atoms in total. The van der Waals surface area contributed by atoms with Crippen LogP contribution in [-0.2, 0) is 20.9 Å². The van der Waals surface area contributed by atoms with Crippen LogP contribution in [0.5, 0.6) is 0 Å². The lowest BCUT2D eigenvalue weighted by atomic mass is 9.79. The number of para-hydroxylation sites is 1. The molecule has 21 heavy (non-hydrogen) atoms. The van der Waals surface area contributed by atoms with Crippen LogP contribution in [0.1, 0.15) is 18.4 Å². The second-order valence-corrected chi connectivity index (χ2v) is 5.54. The van der Waals surface area contributed by atoms with Crippen LogP contribution >= 0.6 is 12.2 Å². The van der Waals surface area contributed by atoms with Gasteiger partial charge in [-0.1, -0.05) is 30.4 Å². The van der Waals surface area contributed by atoms with E-state index in [9.17, 15) is 4.79 Å². The maximum absolute atomic E-state index is 12.7. The number of methoxy groups -OCH3 is 1. The lowest BCUT2D eigenvalue weighted by Gasteiger charge is -2.34. The molecule has 3 N–H and O–H groups in total. The first-order chi connectivity index (χ1) is 10.1. The van der Waals surface area contributed by atoms with E-state index < -0.39 is 5.41 Å². The predicted molar refractivity (Wildman–Crippen MR) is 85.1 cm³/mol. The van der Waals surface area contributed by atoms with E-state index in [1.807, 2.05) is 24.3 Å². The van der Waals surface area contributed by atoms with Gasteiger partial charge in [0.05, 0.1) is 11.6 Å². The van der Waals surface area contributed by atoms with Gasteiger partial charge in [0.25, 0.3) is 0 Å². The van der Waals surface area contributed by atoms with Gasteiger partial charge in [-0.15, -0.1) is 0 Å². The van der Waals surface area contributed by atoms with Crippen molar-refractivity contribution in [1.29, 1.82) is 0 Å². The number of rotatable bonds is 5. The Hall–Kier alpha value is -1.50. The van der Waals surface area contributed by atoms with Crippen LogP contribution in [0.2, 0.25) is 0 Å². The SMILES string of the molecule is COCc1ccccc1NC(=O)C1(C(N)=S)CCOCC1. The second kappa shape index (κ2) is 6.98. The maximum Gasteiger partial charge on any atom is 0.237 e. The van der Waals surface area contributed by atoms with Gasteiger partial charge in [-0.3, -0.25) is 4.79 Å². The summed E-state index contributed by atoms with van der Waals surface area (Å²) in [6.45, 7) is 1.41. The van der Waals surface area contributed by atoms with Crippen molar-refractivity contribution in [2.45, 2.75) is 19.4 Å². The zero-order chi connectivity index (χ0) is 15.3. The highest BCUT2D eigenvalue weighted by atomic mass is 32.1. The molecule has 0 aliphatic carbocycles. The average molecular weight is 308 g/mol. The zero-order valence-corrected chi connectivity index (χ0v) is 12.9. The van der Waals surface area contributed by atoms with Crippen LogP contribution in [0.15, 0.2) is 24.3 Å². The summed E-state index contributed by atoms with van der Waals surface area (Å²) >= 11 is 5.14. The molecule has 1 aromatic rings. The number of nitrogens with one attached hydrogen (secondary N) is 1. The highest BCUT2D eigenvalue weighted by Gasteiger charge is 2.43. The number of benzene rings is 1. The minimum Gasteiger partial charge on any atom is -0.392 e. The molecule has 1 aromatic carbocycles. The standard InChI is InChI=1S/C15H20N2O3S/c1-19-10-11-4-2-3-5-12(11)17-14(18)15(13(16)21)6-8-20-9-7-15/h2-5H,6-10H2,1H3,(H2,16,21)(H,17,18). The van der Waals surface area contributed by atoms with Crippen molar-refractivity contribution in [2.75, 3.05) is 25.6 Å². The normalized spacial score (nSPS) is 17.2. The number of hydrogen-bond donors (Lipinski definition) is 2. The van der Waals surface area contributed by atoms with E-state index in [0.29, 0.717) is 32.7 Å². The summed E-state index contributed by atoms with van der Waals surface area (Å²) < 4.78 is 10.5. The Balaban J connectivity index is 2.21. The highest BCUT2D eigenvalue weighted by Crippen LogP contribution is 2.33. The van der Waals surface area contributed by atoms with Crippen LogP contribution in [-0.4, -0.2) is 31.2 Å². The summed E-state index contributed by atoms with van der Waals surface area (Å²) in [6.07, 6.45) is 1.03. The van der Waals surface area contributed by atoms with Crippen molar-refractivity contribution in [3.05, 3.63) is 29.8 Å². The number of amides is 1. The molecule has 0 saturated carbocycles. The number of thiocarbonyl (C=S) groups is 1. The van der Waals surface area contributed by atoms with E-state index in [0.717, 1.165) is 11.3 Å². The average Bonchev–Trinajstić information content (AvgIpc) is 2.50. The van der Waals surface area contributed by atoms with E-state index in [1.165, 1.54) is 0 Å². The van der Waals surface area contributed by atoms with Gasteiger partial charge in [-0.05, 0) is 18.9 Å². The van der Waals surface area contributed by atoms with E-state index in [-0.39, 0.29) is 10.9 Å². The van der Waals surface area contributed by atoms with Crippen LogP contribution in [0.25, 0.3) is 0 Å². The third kappa shape index (κ3) is 3.40. The molecule has 0 bridgehead atoms. The van der Waals surface area contributed by atoms with Gasteiger partial charge in [0.15, 0.2) is 0 Å². The summed E-state index contributed by atoms with van der Waals surface area (Å²) in [4.78, 5) is 12.9. The Morgan fingerprint density at radius 3 is 2.71 bits per heavy atom. The molecule has 2 rings (SSSR count). The number of ether oxygens (including phenoxy) is 2. The molecule has 0 aromatic heterocycles. The van der Waals surface area contributed by atoms with E-state index in [1.54, 1.807) is 7.11 Å². The molecule has 1 amide bonds. The Bertz CT molecular complexity index is 527. The fourth-order valence-electron chi connectivity index (χ4n) is 2.47. The zero-order valence-electron chi connectivity index (χ0n) is 12.1. The lowest BCUT2D eigenvalue weighted by Crippen LogP contribution is -2.49. The summed E-state index contributed by atoms with van der Waals surface area (Å²) in [7, 11) is 1.62. The third-order valence-corrected chi connectivity index (χ3v) is 4.21. The summed E-state index contributed by atoms with van der Waals surface area (Å²) in [5, 5.41) is 2.95. The Morgan fingerprint density at radius 2 is 2.10 bits per heavy atom. The Labute approximate surface area is 129 Å². The van der Waals surface area contributed by atoms with E-state index in [2.05, 4.69) is 5.32 Å². The van der Waals surface area contributed by atoms with Crippen molar-refractivity contribution in [2.24, 2.45) is 11.1 Å². The molecule has 0 unspecified atom stereocenters. The number of nitrogens with two attached hydrogens (primary N) is 1. The topological polar surface area (TPSA) is 73.6 Å². The van der Waals surface area contributed by atoms with Gasteiger partial charge < -0.3 is 20.5 Å². The minimum atomic E-state index is -0.826. The summed E-state index contributed by atoms with van der Waals surface area (Å²) in [5.41, 5.74) is 6.66. The van der Waals surface area contributed by atoms with Crippen LogP contribution in [0, 0.1) is 5.41 Å². The van der Waals surface area contributed by atoms with Crippen molar-refractivity contribution in [3.63, 3.8) is 0 Å². The first-order valence-corrected chi connectivity index (χ1v) is 7.27. The van der Waals surface area contributed by atoms with Crippen molar-refractivity contribution in [3.8, 4) is 0 Å². The molecule has 114 valence electrons. The van der Waals surface area contributed by atoms with E-state index >= 15 is 0 Å². The molecule has 1 aliphatic rings. The molecule has 0 spiro atoms. The number of hydrogen-bond acceptors (Lipinski definition) is 4. The van der Waals surface area contributed by atoms with Crippen LogP contribution in [0.4, 0.5) is 5.69 Å². The summed E-state index contributed by atoms with van der Waals surface area (Å²) in [6, 6.07) is 7.53. The molecule has 0 atom stereocenters. The Kier molecular flexibility index (Phi) is 5.27. The van der Waals surface area contributed by atoms with Crippen LogP contribution < -0.4 is 11.1 Å². The Morgan fingerprint density at radius 1 is 1.43 bits per heavy atom. The fraction of sp³-hybridized carbons (Fsp3) is 0.467. The molecule has 6 heteroatoms. The predicted octanol–water partition coefficient (Wildman–Crippen LogP) is 1.85. The van der Waals surface area contributed by atoms with Crippen LogP contribution in [0.3, 0.4) is 0 Å². The summed E-state index contributed by atoms with van der Waals surface area (Å²) in [5.74, 6) is -0.165. The molecular weight excluding hydrogens is 288 g/mol. The van der Waals surface area contributed by atoms with Gasteiger partial charge in [-0.25, -0.2) is 0 Å². The third-order valence-electron chi connectivity index (χ3n) is 3.82. The number of anilines is 1. The molecule has 1 saturated heterocycles. The largest absolute Gasteiger partial charge is 0.392 e. The molecule has 1 fully saturated rings. The molecular formula is C15H20N2O3S. The first-order valence-electron chi connectivity index (χ1n) is 6.86. The fourth-order valence-corrected chi connectivity index (χ4v) is 2.77. The molecule has 1 heterocycles. The first kappa shape index (κ1) is 15.9. The molecule has 1 aliphatic heterocycles. The number of carbonyl (C=O) groups excluding carboxylic acids is 1. The monoisotopic (exact) mass is 308 g/mol.